The quantitative estimate of drug-likeness (QED) is 0.641. The van der Waals surface area contributed by atoms with Gasteiger partial charge in [0.25, 0.3) is 5.91 Å². The van der Waals surface area contributed by atoms with Gasteiger partial charge in [-0.25, -0.2) is 14.8 Å². The fraction of sp³-hybridized carbons (Fsp3) is 0.182. The van der Waals surface area contributed by atoms with Gasteiger partial charge in [-0.05, 0) is 56.3 Å². The Hall–Kier alpha value is -3.74. The second-order valence-electron chi connectivity index (χ2n) is 6.34. The normalized spacial score (nSPS) is 10.3. The standard InChI is InChI=1S/C22H22N4O3/c1-4-29-21(28)16-10-12-17(13-11-16)24-20(27)19-14-15(2)23-22(25-19)26(3)18-8-6-5-7-9-18/h5-14H,4H2,1-3H3,(H,24,27). The molecule has 1 heterocycles. The molecular weight excluding hydrogens is 368 g/mol. The molecule has 0 atom stereocenters. The fourth-order valence-electron chi connectivity index (χ4n) is 2.69. The Balaban J connectivity index is 1.77. The average Bonchev–Trinajstić information content (AvgIpc) is 2.74. The molecule has 3 aromatic rings. The molecule has 2 aromatic carbocycles. The lowest BCUT2D eigenvalue weighted by Crippen LogP contribution is -2.19. The molecule has 7 nitrogen and oxygen atoms in total. The molecule has 0 aliphatic carbocycles. The third kappa shape index (κ3) is 4.95. The van der Waals surface area contributed by atoms with Crippen LogP contribution in [0, 0.1) is 6.92 Å². The number of esters is 1. The number of carbonyl (C=O) groups excluding carboxylic acids is 2. The Kier molecular flexibility index (Phi) is 6.19. The lowest BCUT2D eigenvalue weighted by molar-refractivity contribution is 0.0526. The highest BCUT2D eigenvalue weighted by Crippen LogP contribution is 2.20. The first-order valence-corrected chi connectivity index (χ1v) is 9.21. The predicted octanol–water partition coefficient (Wildman–Crippen LogP) is 3.98. The van der Waals surface area contributed by atoms with Crippen molar-refractivity contribution in [3.8, 4) is 0 Å². The van der Waals surface area contributed by atoms with Crippen LogP contribution in [-0.4, -0.2) is 35.5 Å². The van der Waals surface area contributed by atoms with E-state index in [1.807, 2.05) is 49.2 Å². The SMILES string of the molecule is CCOC(=O)c1ccc(NC(=O)c2cc(C)nc(N(C)c3ccccc3)n2)cc1. The number of amides is 1. The number of rotatable bonds is 6. The highest BCUT2D eigenvalue weighted by atomic mass is 16.5. The minimum Gasteiger partial charge on any atom is -0.462 e. The zero-order valence-electron chi connectivity index (χ0n) is 16.5. The smallest absolute Gasteiger partial charge is 0.338 e. The summed E-state index contributed by atoms with van der Waals surface area (Å²) in [6, 6.07) is 17.8. The van der Waals surface area contributed by atoms with Crippen molar-refractivity contribution in [3.05, 3.63) is 77.6 Å². The van der Waals surface area contributed by atoms with Crippen LogP contribution in [0.25, 0.3) is 0 Å². The van der Waals surface area contributed by atoms with Gasteiger partial charge >= 0.3 is 5.97 Å². The van der Waals surface area contributed by atoms with Gasteiger partial charge < -0.3 is 15.0 Å². The maximum Gasteiger partial charge on any atom is 0.338 e. The molecule has 0 unspecified atom stereocenters. The zero-order chi connectivity index (χ0) is 20.8. The first-order chi connectivity index (χ1) is 14.0. The number of carbonyl (C=O) groups is 2. The molecule has 1 amide bonds. The van der Waals surface area contributed by atoms with Gasteiger partial charge in [0.05, 0.1) is 12.2 Å². The van der Waals surface area contributed by atoms with Gasteiger partial charge in [-0.3, -0.25) is 4.79 Å². The predicted molar refractivity (Wildman–Crippen MR) is 112 cm³/mol. The van der Waals surface area contributed by atoms with E-state index < -0.39 is 5.97 Å². The molecule has 1 N–H and O–H groups in total. The van der Waals surface area contributed by atoms with Crippen LogP contribution < -0.4 is 10.2 Å². The van der Waals surface area contributed by atoms with Crippen molar-refractivity contribution in [2.24, 2.45) is 0 Å². The van der Waals surface area contributed by atoms with Crippen LogP contribution in [0.4, 0.5) is 17.3 Å². The van der Waals surface area contributed by atoms with Gasteiger partial charge in [0, 0.05) is 24.1 Å². The van der Waals surface area contributed by atoms with Gasteiger partial charge in [-0.2, -0.15) is 0 Å². The lowest BCUT2D eigenvalue weighted by Gasteiger charge is -2.18. The van der Waals surface area contributed by atoms with E-state index in [0.29, 0.717) is 29.5 Å². The van der Waals surface area contributed by atoms with E-state index in [9.17, 15) is 9.59 Å². The molecule has 0 radical (unpaired) electrons. The minimum absolute atomic E-state index is 0.254. The third-order valence-corrected chi connectivity index (χ3v) is 4.17. The van der Waals surface area contributed by atoms with Crippen molar-refractivity contribution < 1.29 is 14.3 Å². The topological polar surface area (TPSA) is 84.4 Å². The Labute approximate surface area is 169 Å². The third-order valence-electron chi connectivity index (χ3n) is 4.17. The van der Waals surface area contributed by atoms with E-state index in [0.717, 1.165) is 5.69 Å². The van der Waals surface area contributed by atoms with Crippen LogP contribution >= 0.6 is 0 Å². The Bertz CT molecular complexity index is 1000. The number of aromatic nitrogens is 2. The molecular formula is C22H22N4O3. The summed E-state index contributed by atoms with van der Waals surface area (Å²) < 4.78 is 4.96. The van der Waals surface area contributed by atoms with Crippen LogP contribution in [0.1, 0.15) is 33.5 Å². The summed E-state index contributed by atoms with van der Waals surface area (Å²) >= 11 is 0. The number of benzene rings is 2. The van der Waals surface area contributed by atoms with Crippen molar-refractivity contribution in [3.63, 3.8) is 0 Å². The number of hydrogen-bond acceptors (Lipinski definition) is 6. The molecule has 148 valence electrons. The number of nitrogens with one attached hydrogen (secondary N) is 1. The Morgan fingerprint density at radius 1 is 1.03 bits per heavy atom. The molecule has 3 rings (SSSR count). The Morgan fingerprint density at radius 2 is 1.72 bits per heavy atom. The summed E-state index contributed by atoms with van der Waals surface area (Å²) in [4.78, 5) is 35.1. The molecule has 0 saturated carbocycles. The van der Waals surface area contributed by atoms with E-state index >= 15 is 0 Å². The highest BCUT2D eigenvalue weighted by molar-refractivity contribution is 6.03. The number of hydrogen-bond donors (Lipinski definition) is 1. The Morgan fingerprint density at radius 3 is 2.38 bits per heavy atom. The first-order valence-electron chi connectivity index (χ1n) is 9.21. The molecule has 0 bridgehead atoms. The largest absolute Gasteiger partial charge is 0.462 e. The first kappa shape index (κ1) is 20.0. The summed E-state index contributed by atoms with van der Waals surface area (Å²) in [7, 11) is 1.85. The van der Waals surface area contributed by atoms with E-state index in [1.54, 1.807) is 37.3 Å². The minimum atomic E-state index is -0.398. The fourth-order valence-corrected chi connectivity index (χ4v) is 2.69. The molecule has 0 aliphatic rings. The second-order valence-corrected chi connectivity index (χ2v) is 6.34. The van der Waals surface area contributed by atoms with E-state index in [2.05, 4.69) is 15.3 Å². The van der Waals surface area contributed by atoms with E-state index in [-0.39, 0.29) is 11.6 Å². The van der Waals surface area contributed by atoms with Crippen molar-refractivity contribution >= 4 is 29.2 Å². The molecule has 7 heteroatoms. The summed E-state index contributed by atoms with van der Waals surface area (Å²) in [5.74, 6) is -0.327. The molecule has 0 fully saturated rings. The average molecular weight is 390 g/mol. The van der Waals surface area contributed by atoms with Gasteiger partial charge in [-0.1, -0.05) is 18.2 Å². The van der Waals surface area contributed by atoms with Crippen LogP contribution in [0.2, 0.25) is 0 Å². The van der Waals surface area contributed by atoms with Crippen molar-refractivity contribution in [2.45, 2.75) is 13.8 Å². The summed E-state index contributed by atoms with van der Waals surface area (Å²) in [6.45, 7) is 3.87. The summed E-state index contributed by atoms with van der Waals surface area (Å²) in [5, 5.41) is 2.79. The van der Waals surface area contributed by atoms with Gasteiger partial charge in [0.2, 0.25) is 5.95 Å². The molecule has 1 aromatic heterocycles. The van der Waals surface area contributed by atoms with Crippen molar-refractivity contribution in [1.29, 1.82) is 0 Å². The number of ether oxygens (including phenoxy) is 1. The zero-order valence-corrected chi connectivity index (χ0v) is 16.5. The van der Waals surface area contributed by atoms with E-state index in [1.165, 1.54) is 0 Å². The summed E-state index contributed by atoms with van der Waals surface area (Å²) in [5.41, 5.74) is 2.83. The monoisotopic (exact) mass is 390 g/mol. The molecule has 0 saturated heterocycles. The number of anilines is 3. The van der Waals surface area contributed by atoms with Gasteiger partial charge in [0.1, 0.15) is 5.69 Å². The van der Waals surface area contributed by atoms with Crippen molar-refractivity contribution in [1.82, 2.24) is 9.97 Å². The van der Waals surface area contributed by atoms with Crippen LogP contribution in [0.15, 0.2) is 60.7 Å². The maximum absolute atomic E-state index is 12.7. The van der Waals surface area contributed by atoms with Crippen LogP contribution in [0.3, 0.4) is 0 Å². The van der Waals surface area contributed by atoms with Crippen LogP contribution in [0.5, 0.6) is 0 Å². The van der Waals surface area contributed by atoms with E-state index in [4.69, 9.17) is 4.74 Å². The van der Waals surface area contributed by atoms with Crippen LogP contribution in [-0.2, 0) is 4.74 Å². The number of aryl methyl sites for hydroxylation is 1. The maximum atomic E-state index is 12.7. The van der Waals surface area contributed by atoms with Crippen molar-refractivity contribution in [2.75, 3.05) is 23.9 Å². The number of nitrogens with zero attached hydrogens (tertiary/aromatic N) is 3. The van der Waals surface area contributed by atoms with Gasteiger partial charge in [0.15, 0.2) is 0 Å². The highest BCUT2D eigenvalue weighted by Gasteiger charge is 2.15. The number of para-hydroxylation sites is 1. The lowest BCUT2D eigenvalue weighted by atomic mass is 10.2. The second kappa shape index (κ2) is 8.97. The molecule has 0 spiro atoms. The summed E-state index contributed by atoms with van der Waals surface area (Å²) in [6.07, 6.45) is 0. The molecule has 0 aliphatic heterocycles. The van der Waals surface area contributed by atoms with Gasteiger partial charge in [-0.15, -0.1) is 0 Å². The molecule has 29 heavy (non-hydrogen) atoms.